The number of amides is 3. The minimum Gasteiger partial charge on any atom is -0.508 e. The number of nitrogens with two attached hydrogens (primary N) is 3. The Kier molecular flexibility index (Phi) is 12.1. The Morgan fingerprint density at radius 2 is 1.50 bits per heavy atom. The zero-order valence-corrected chi connectivity index (χ0v) is 23.9. The Hall–Kier alpha value is -5.15. The molecule has 2 aromatic carbocycles. The molecule has 44 heavy (non-hydrogen) atoms. The van der Waals surface area contributed by atoms with E-state index in [4.69, 9.17) is 17.2 Å². The Labute approximate surface area is 252 Å². The number of H-pyrrole nitrogens is 1. The summed E-state index contributed by atoms with van der Waals surface area (Å²) >= 11 is 0. The Bertz CT molecular complexity index is 1470. The predicted molar refractivity (Wildman–Crippen MR) is 162 cm³/mol. The number of aliphatic imine (C=N–C) groups is 1. The molecule has 0 radical (unpaired) electrons. The van der Waals surface area contributed by atoms with Gasteiger partial charge in [0.25, 0.3) is 0 Å². The van der Waals surface area contributed by atoms with Crippen LogP contribution in [0, 0.1) is 0 Å². The predicted octanol–water partition coefficient (Wildman–Crippen LogP) is -1.43. The van der Waals surface area contributed by atoms with Crippen LogP contribution in [0.4, 0.5) is 0 Å². The number of carboxylic acids is 1. The van der Waals surface area contributed by atoms with E-state index in [0.717, 1.165) is 10.9 Å². The lowest BCUT2D eigenvalue weighted by Gasteiger charge is -2.25. The zero-order valence-electron chi connectivity index (χ0n) is 23.9. The minimum absolute atomic E-state index is 0.000721. The van der Waals surface area contributed by atoms with Crippen LogP contribution >= 0.6 is 0 Å². The van der Waals surface area contributed by atoms with Crippen molar-refractivity contribution in [2.45, 2.75) is 49.9 Å². The molecule has 0 saturated carbocycles. The maximum absolute atomic E-state index is 13.5. The summed E-state index contributed by atoms with van der Waals surface area (Å²) in [5, 5.41) is 37.2. The van der Waals surface area contributed by atoms with Gasteiger partial charge in [0.05, 0.1) is 6.61 Å². The van der Waals surface area contributed by atoms with Gasteiger partial charge >= 0.3 is 5.97 Å². The van der Waals surface area contributed by atoms with Crippen LogP contribution in [0.5, 0.6) is 5.75 Å². The van der Waals surface area contributed by atoms with Gasteiger partial charge in [-0.1, -0.05) is 30.3 Å². The number of rotatable bonds is 16. The van der Waals surface area contributed by atoms with E-state index in [2.05, 4.69) is 25.9 Å². The molecule has 3 amide bonds. The van der Waals surface area contributed by atoms with Crippen LogP contribution in [0.2, 0.25) is 0 Å². The minimum atomic E-state index is -1.33. The van der Waals surface area contributed by atoms with Gasteiger partial charge in [0, 0.05) is 36.5 Å². The van der Waals surface area contributed by atoms with Crippen molar-refractivity contribution >= 4 is 40.6 Å². The first kappa shape index (κ1) is 33.4. The van der Waals surface area contributed by atoms with Crippen molar-refractivity contribution in [2.75, 3.05) is 13.2 Å². The Morgan fingerprint density at radius 1 is 0.864 bits per heavy atom. The largest absolute Gasteiger partial charge is 0.508 e. The highest BCUT2D eigenvalue weighted by Crippen LogP contribution is 2.19. The van der Waals surface area contributed by atoms with E-state index in [1.54, 1.807) is 18.3 Å². The molecule has 0 bridgehead atoms. The number of benzene rings is 2. The zero-order chi connectivity index (χ0) is 32.2. The molecule has 15 heteroatoms. The molecule has 1 heterocycles. The van der Waals surface area contributed by atoms with Crippen LogP contribution in [-0.4, -0.2) is 87.3 Å². The fourth-order valence-electron chi connectivity index (χ4n) is 4.48. The SMILES string of the molecule is NC(N)=NCCCC(NC(=O)C(Cc1ccc(O)cc1)NC(=O)C(N)CO)C(=O)NC(Cc1c[nH]c2ccccc12)C(=O)O. The molecule has 3 aromatic rings. The molecule has 1 aromatic heterocycles. The second kappa shape index (κ2) is 15.9. The Balaban J connectivity index is 1.81. The summed E-state index contributed by atoms with van der Waals surface area (Å²) in [5.74, 6) is -3.76. The number of guanidine groups is 1. The average molecular weight is 611 g/mol. The molecule has 0 spiro atoms. The van der Waals surface area contributed by atoms with Crippen molar-refractivity contribution < 1.29 is 34.5 Å². The van der Waals surface area contributed by atoms with Gasteiger partial charge in [-0.05, 0) is 42.2 Å². The fourth-order valence-corrected chi connectivity index (χ4v) is 4.48. The summed E-state index contributed by atoms with van der Waals surface area (Å²) in [6, 6.07) is 8.15. The second-order valence-corrected chi connectivity index (χ2v) is 10.2. The summed E-state index contributed by atoms with van der Waals surface area (Å²) in [4.78, 5) is 58.6. The van der Waals surface area contributed by atoms with E-state index in [9.17, 15) is 34.5 Å². The summed E-state index contributed by atoms with van der Waals surface area (Å²) in [6.07, 6.45) is 1.88. The number of aliphatic carboxylic acids is 1. The topological polar surface area (TPSA) is 271 Å². The molecule has 0 aliphatic carbocycles. The number of aromatic nitrogens is 1. The average Bonchev–Trinajstić information content (AvgIpc) is 3.40. The molecule has 4 atom stereocenters. The van der Waals surface area contributed by atoms with E-state index in [1.165, 1.54) is 12.1 Å². The molecule has 0 aliphatic heterocycles. The van der Waals surface area contributed by atoms with Gasteiger partial charge in [0.2, 0.25) is 17.7 Å². The molecule has 15 nitrogen and oxygen atoms in total. The van der Waals surface area contributed by atoms with E-state index in [0.29, 0.717) is 11.1 Å². The van der Waals surface area contributed by atoms with Crippen LogP contribution < -0.4 is 33.2 Å². The molecule has 0 fully saturated rings. The van der Waals surface area contributed by atoms with Crippen molar-refractivity contribution in [3.8, 4) is 5.75 Å². The number of nitrogens with one attached hydrogen (secondary N) is 4. The number of phenolic OH excluding ortho intramolecular Hbond substituents is 1. The number of hydrogen-bond donors (Lipinski definition) is 10. The third-order valence-corrected chi connectivity index (χ3v) is 6.83. The molecule has 236 valence electrons. The number of para-hydroxylation sites is 1. The first-order chi connectivity index (χ1) is 21.0. The van der Waals surface area contributed by atoms with Crippen LogP contribution in [0.1, 0.15) is 24.0 Å². The van der Waals surface area contributed by atoms with E-state index in [-0.39, 0.29) is 43.9 Å². The van der Waals surface area contributed by atoms with Gasteiger partial charge < -0.3 is 53.5 Å². The van der Waals surface area contributed by atoms with Crippen LogP contribution in [-0.2, 0) is 32.0 Å². The maximum atomic E-state index is 13.5. The summed E-state index contributed by atoms with van der Waals surface area (Å²) in [7, 11) is 0. The monoisotopic (exact) mass is 610 g/mol. The van der Waals surface area contributed by atoms with Crippen molar-refractivity contribution in [1.29, 1.82) is 0 Å². The summed E-state index contributed by atoms with van der Waals surface area (Å²) < 4.78 is 0. The fraction of sp³-hybridized carbons (Fsp3) is 0.345. The standard InChI is InChI=1S/C29H38N8O7/c30-20(15-38)25(40)36-23(12-16-7-9-18(39)10-8-16)27(42)35-22(6-3-11-33-29(31)32)26(41)37-24(28(43)44)13-17-14-34-21-5-2-1-4-19(17)21/h1-2,4-5,7-10,14,20,22-24,34,38-39H,3,6,11-13,15,30H2,(H,35,42)(H,36,40)(H,37,41)(H,43,44)(H4,31,32,33). The number of carbonyl (C=O) groups is 4. The van der Waals surface area contributed by atoms with Crippen molar-refractivity contribution in [1.82, 2.24) is 20.9 Å². The van der Waals surface area contributed by atoms with Gasteiger partial charge in [0.1, 0.15) is 29.9 Å². The maximum Gasteiger partial charge on any atom is 0.326 e. The highest BCUT2D eigenvalue weighted by atomic mass is 16.4. The number of aliphatic hydroxyl groups excluding tert-OH is 1. The van der Waals surface area contributed by atoms with Gasteiger partial charge in [-0.2, -0.15) is 0 Å². The number of nitrogens with zero attached hydrogens (tertiary/aromatic N) is 1. The van der Waals surface area contributed by atoms with Gasteiger partial charge in [-0.25, -0.2) is 4.79 Å². The van der Waals surface area contributed by atoms with Gasteiger partial charge in [-0.15, -0.1) is 0 Å². The number of hydrogen-bond acceptors (Lipinski definition) is 8. The highest BCUT2D eigenvalue weighted by Gasteiger charge is 2.31. The summed E-state index contributed by atoms with van der Waals surface area (Å²) in [5.41, 5.74) is 18.5. The second-order valence-electron chi connectivity index (χ2n) is 10.2. The molecule has 0 saturated heterocycles. The van der Waals surface area contributed by atoms with Crippen LogP contribution in [0.3, 0.4) is 0 Å². The van der Waals surface area contributed by atoms with Crippen LogP contribution in [0.25, 0.3) is 10.9 Å². The number of carboxylic acid groups (broad SMARTS) is 1. The normalized spacial score (nSPS) is 13.7. The number of aliphatic hydroxyl groups is 1. The van der Waals surface area contributed by atoms with Gasteiger partial charge in [0.15, 0.2) is 5.96 Å². The summed E-state index contributed by atoms with van der Waals surface area (Å²) in [6.45, 7) is -0.527. The lowest BCUT2D eigenvalue weighted by Crippen LogP contribution is -2.58. The number of aromatic amines is 1. The number of carbonyl (C=O) groups excluding carboxylic acids is 3. The molecule has 4 unspecified atom stereocenters. The molecule has 3 rings (SSSR count). The third-order valence-electron chi connectivity index (χ3n) is 6.83. The molecule has 13 N–H and O–H groups in total. The molecule has 0 aliphatic rings. The van der Waals surface area contributed by atoms with Gasteiger partial charge in [-0.3, -0.25) is 19.4 Å². The van der Waals surface area contributed by atoms with E-state index in [1.807, 2.05) is 24.3 Å². The Morgan fingerprint density at radius 3 is 2.16 bits per heavy atom. The van der Waals surface area contributed by atoms with Crippen LogP contribution in [0.15, 0.2) is 59.7 Å². The highest BCUT2D eigenvalue weighted by molar-refractivity contribution is 5.94. The van der Waals surface area contributed by atoms with Crippen molar-refractivity contribution in [3.63, 3.8) is 0 Å². The first-order valence-corrected chi connectivity index (χ1v) is 13.9. The number of aromatic hydroxyl groups is 1. The number of phenols is 1. The van der Waals surface area contributed by atoms with E-state index >= 15 is 0 Å². The number of fused-ring (bicyclic) bond motifs is 1. The van der Waals surface area contributed by atoms with Crippen molar-refractivity contribution in [2.24, 2.45) is 22.2 Å². The smallest absolute Gasteiger partial charge is 0.326 e. The lowest BCUT2D eigenvalue weighted by atomic mass is 10.0. The lowest BCUT2D eigenvalue weighted by molar-refractivity contribution is -0.142. The molecular weight excluding hydrogens is 572 g/mol. The first-order valence-electron chi connectivity index (χ1n) is 13.9. The molecular formula is C29H38N8O7. The van der Waals surface area contributed by atoms with E-state index < -0.39 is 54.5 Å². The van der Waals surface area contributed by atoms with Crippen molar-refractivity contribution in [3.05, 3.63) is 65.9 Å². The third kappa shape index (κ3) is 9.71. The quantitative estimate of drug-likeness (QED) is 0.0513.